The number of hydrogen-bond donors (Lipinski definition) is 8. The summed E-state index contributed by atoms with van der Waals surface area (Å²) in [6, 6.07) is 8.45. The van der Waals surface area contributed by atoms with E-state index in [1.807, 2.05) is 118 Å². The molecule has 111 heavy (non-hydrogen) atoms. The quantitative estimate of drug-likeness (QED) is 0.0381. The molecule has 37 heteroatoms. The Morgan fingerprint density at radius 2 is 0.757 bits per heavy atom. The molecular formula is C74H142Cl2FN12O21Pd-. The summed E-state index contributed by atoms with van der Waals surface area (Å²) in [5, 5.41) is 63.0. The van der Waals surface area contributed by atoms with Gasteiger partial charge in [0.15, 0.2) is 24.0 Å². The van der Waals surface area contributed by atoms with Gasteiger partial charge < -0.3 is 117 Å². The van der Waals surface area contributed by atoms with E-state index in [0.717, 1.165) is 50.4 Å². The van der Waals surface area contributed by atoms with E-state index < -0.39 is 32.5 Å². The fourth-order valence-electron chi connectivity index (χ4n) is 10.3. The number of aromatic nitrogens is 2. The first-order valence-electron chi connectivity index (χ1n) is 36.7. The monoisotopic (exact) mass is 1730 g/mol. The van der Waals surface area contributed by atoms with E-state index in [-0.39, 0.29) is 181 Å². The molecule has 2 aromatic rings. The summed E-state index contributed by atoms with van der Waals surface area (Å²) in [6.45, 7) is 56.5. The molecule has 656 valence electrons. The number of nitrogens with two attached hydrogens (primary N) is 1. The summed E-state index contributed by atoms with van der Waals surface area (Å²) in [7, 11) is 0. The predicted molar refractivity (Wildman–Crippen MR) is 429 cm³/mol. The Balaban J connectivity index is -0.000000280. The maximum Gasteiger partial charge on any atom is 0.410 e. The van der Waals surface area contributed by atoms with Gasteiger partial charge in [-0.1, -0.05) is 0 Å². The summed E-state index contributed by atoms with van der Waals surface area (Å²) in [5.74, 6) is -1.24. The first kappa shape index (κ1) is 117. The van der Waals surface area contributed by atoms with Gasteiger partial charge >= 0.3 is 29.9 Å². The van der Waals surface area contributed by atoms with E-state index in [0.29, 0.717) is 77.0 Å². The van der Waals surface area contributed by atoms with Crippen LogP contribution in [0.15, 0.2) is 36.7 Å². The number of amides is 3. The first-order chi connectivity index (χ1) is 49.5. The summed E-state index contributed by atoms with van der Waals surface area (Å²) in [4.78, 5) is 79.0. The minimum absolute atomic E-state index is 0. The van der Waals surface area contributed by atoms with Crippen molar-refractivity contribution in [1.82, 2.24) is 40.6 Å². The maximum atomic E-state index is 12.1. The Labute approximate surface area is 687 Å². The van der Waals surface area contributed by atoms with Gasteiger partial charge in [0.05, 0.1) is 153 Å². The number of anilines is 1. The molecule has 6 aliphatic rings. The number of aliphatic hydroxyl groups is 4. The van der Waals surface area contributed by atoms with Gasteiger partial charge in [0, 0.05) is 74.8 Å². The molecule has 0 radical (unpaired) electrons. The molecule has 8 heterocycles. The first-order valence-corrected chi connectivity index (χ1v) is 36.7. The maximum absolute atomic E-state index is 12.1. The minimum Gasteiger partial charge on any atom is -0.444 e. The second kappa shape index (κ2) is 61.4. The third-order valence-corrected chi connectivity index (χ3v) is 14.8. The number of Topliss-reactive ketones (excluding diaryl/α,β-unsaturated/α-hetero) is 1. The van der Waals surface area contributed by atoms with E-state index in [9.17, 15) is 43.8 Å². The molecular weight excluding hydrogens is 1590 g/mol. The normalized spacial score (nSPS) is 24.0. The van der Waals surface area contributed by atoms with Crippen molar-refractivity contribution in [3.63, 3.8) is 0 Å². The molecule has 0 aromatic carbocycles. The summed E-state index contributed by atoms with van der Waals surface area (Å²) in [5.41, 5.74) is 4.64. The molecule has 33 nitrogen and oxygen atoms in total. The van der Waals surface area contributed by atoms with Crippen molar-refractivity contribution in [2.24, 2.45) is 5.73 Å². The summed E-state index contributed by atoms with van der Waals surface area (Å²) >= 11 is 0. The van der Waals surface area contributed by atoms with Crippen LogP contribution in [0, 0.1) is 33.5 Å². The van der Waals surface area contributed by atoms with E-state index in [2.05, 4.69) is 72.4 Å². The van der Waals surface area contributed by atoms with Gasteiger partial charge in [0.2, 0.25) is 0 Å². The van der Waals surface area contributed by atoms with Gasteiger partial charge in [-0.25, -0.2) is 18.8 Å². The second-order valence-electron chi connectivity index (χ2n) is 30.6. The van der Waals surface area contributed by atoms with E-state index in [4.69, 9.17) is 68.8 Å². The zero-order valence-electron chi connectivity index (χ0n) is 70.8. The number of pyridine rings is 2. The average Bonchev–Trinajstić information content (AvgIpc) is 0.826. The van der Waals surface area contributed by atoms with Crippen molar-refractivity contribution in [3.05, 3.63) is 70.1 Å². The minimum atomic E-state index is -0.681. The molecule has 0 spiro atoms. The average molecular weight is 1730 g/mol. The smallest absolute Gasteiger partial charge is 0.410 e. The van der Waals surface area contributed by atoms with Crippen LogP contribution in [0.5, 0.6) is 0 Å². The number of ketones is 1. The fourth-order valence-corrected chi connectivity index (χ4v) is 10.3. The molecule has 0 bridgehead atoms. The molecule has 6 saturated heterocycles. The van der Waals surface area contributed by atoms with Crippen molar-refractivity contribution < 1.29 is 117 Å². The van der Waals surface area contributed by atoms with Crippen LogP contribution in [0.4, 0.5) is 36.1 Å². The number of carbonyl (C=O) groups excluding carboxylic acids is 4. The Morgan fingerprint density at radius 3 is 0.937 bits per heavy atom. The van der Waals surface area contributed by atoms with Gasteiger partial charge in [0.25, 0.3) is 0 Å². The Hall–Kier alpha value is -5.01. The SMILES string of the molecule is CC(=O)CO.CC(CO)N[C@@H](C)CO.CC1COC[C@H](C)N1.C[C@@H]1COC[C@H](C)N1C(=O)OC(C)(C)C.C[C@H](N)CO.C[C@H]1COC[C@H](C)N1.C[C@H]1COC[C@H](C)N1C(=O)OC(C)(C)C.C[C@H]1COC[C@H](C)N1C(=O)OC(C)(C)C.C[C@H]1COC[C@H](C)N1c1ccc([N+](=O)[O-])nc1.Cl.Cl.O=[N+]([O-])c1ccc(F)cn1.[CH3-].[Pd]. The van der Waals surface area contributed by atoms with Crippen molar-refractivity contribution in [2.75, 3.05) is 111 Å². The zero-order valence-corrected chi connectivity index (χ0v) is 74.0. The van der Waals surface area contributed by atoms with Crippen LogP contribution in [0.3, 0.4) is 0 Å². The van der Waals surface area contributed by atoms with Crippen molar-refractivity contribution in [2.45, 2.75) is 281 Å². The molecule has 2 aromatic heterocycles. The van der Waals surface area contributed by atoms with E-state index in [1.54, 1.807) is 33.9 Å². The number of carbonyl (C=O) groups is 4. The van der Waals surface area contributed by atoms with Crippen molar-refractivity contribution in [1.29, 1.82) is 0 Å². The third-order valence-electron chi connectivity index (χ3n) is 14.8. The van der Waals surface area contributed by atoms with E-state index >= 15 is 0 Å². The van der Waals surface area contributed by atoms with Crippen LogP contribution in [0.25, 0.3) is 0 Å². The molecule has 15 atom stereocenters. The van der Waals surface area contributed by atoms with Gasteiger partial charge in [0.1, 0.15) is 23.4 Å². The molecule has 9 N–H and O–H groups in total. The number of hydrogen-bond acceptors (Lipinski definition) is 28. The molecule has 0 aliphatic carbocycles. The molecule has 2 unspecified atom stereocenters. The molecule has 6 fully saturated rings. The topological polar surface area (TPSA) is 419 Å². The summed E-state index contributed by atoms with van der Waals surface area (Å²) in [6.07, 6.45) is 1.62. The Kier molecular flexibility index (Phi) is 64.6. The van der Waals surface area contributed by atoms with Crippen molar-refractivity contribution in [3.8, 4) is 0 Å². The number of aliphatic hydroxyl groups excluding tert-OH is 4. The van der Waals surface area contributed by atoms with Crippen LogP contribution >= 0.6 is 24.8 Å². The van der Waals surface area contributed by atoms with Crippen LogP contribution in [-0.4, -0.2) is 292 Å². The largest absolute Gasteiger partial charge is 0.444 e. The number of nitrogens with one attached hydrogen (secondary N) is 3. The molecule has 0 saturated carbocycles. The van der Waals surface area contributed by atoms with Gasteiger partial charge in [-0.15, -0.1) is 24.8 Å². The second-order valence-corrected chi connectivity index (χ2v) is 30.6. The Bertz CT molecular complexity index is 2580. The number of morpholine rings is 6. The van der Waals surface area contributed by atoms with Gasteiger partial charge in [-0.2, -0.15) is 0 Å². The zero-order chi connectivity index (χ0) is 82.7. The van der Waals surface area contributed by atoms with Crippen molar-refractivity contribution >= 4 is 66.2 Å². The van der Waals surface area contributed by atoms with Gasteiger partial charge in [-0.3, -0.25) is 19.5 Å². The molecule has 3 amide bonds. The van der Waals surface area contributed by atoms with Crippen LogP contribution in [0.1, 0.15) is 173 Å². The Morgan fingerprint density at radius 1 is 0.514 bits per heavy atom. The van der Waals surface area contributed by atoms with Gasteiger partial charge in [-0.05, 0) is 205 Å². The third kappa shape index (κ3) is 55.2. The molecule has 6 aliphatic heterocycles. The number of nitro groups is 2. The van der Waals surface area contributed by atoms with Crippen LogP contribution < -0.4 is 26.6 Å². The number of halogens is 3. The fraction of sp³-hybridized carbons (Fsp3) is 0.797. The predicted octanol–water partition coefficient (Wildman–Crippen LogP) is 9.11. The standard InChI is InChI=1S/C11H15N3O3.3C11H21NO3.C6H15NO2.2C6H13NO.C5H3FN2O2.C3H9NO.C3H6O2.CH3.2ClH.Pd/c1-8-6-17-7-9(2)13(8)10-3-4-11(12-5-10)14(15)16;3*1-8-6-14-7-9(2)12(8)10(13)15-11(3,4)5;1-5(3-8)7-6(2)4-9;2*1-5-3-8-4-6(2)7-5;6-4-1-2-5(7-3-4)8(9)10;1-3(4)2-5;1-3(5)2-4;;;;/h3-5,8-9H,6-7H2,1-2H3;3*8-9H,6-7H2,1-5H3;5-9H,3-4H2,1-2H3;2*5-7H,3-4H2,1-2H3;1-3H;3,5H,2,4H2,1H3;4H,2H2,1H3;1H3;2*1H;/q;;;;;;;;;;-1;;;/t8-,9-;8-,9+;2*8-,9-;2*5-,6?;5-,6-;;3-;;;;;/m0.00000.0...../s1. The summed E-state index contributed by atoms with van der Waals surface area (Å²) < 4.78 is 60.1. The molecule has 8 rings (SSSR count). The number of rotatable bonds is 9. The number of nitrogens with zero attached hydrogens (tertiary/aromatic N) is 8. The van der Waals surface area contributed by atoms with Crippen LogP contribution in [-0.2, 0) is 67.8 Å². The van der Waals surface area contributed by atoms with E-state index in [1.165, 1.54) is 13.0 Å². The number of ether oxygens (including phenoxy) is 9. The van der Waals surface area contributed by atoms with Crippen LogP contribution in [0.2, 0.25) is 0 Å².